The minimum Gasteiger partial charge on any atom is -0.466 e. The predicted octanol–water partition coefficient (Wildman–Crippen LogP) is 2.71. The molecule has 0 aliphatic rings. The maximum Gasteiger partial charge on any atom is 0.312 e. The molecule has 0 saturated carbocycles. The van der Waals surface area contributed by atoms with Crippen molar-refractivity contribution >= 4 is 45.3 Å². The van der Waals surface area contributed by atoms with Crippen LogP contribution in [0.15, 0.2) is 54.6 Å². The molecular formula is C25H26N2O6. The van der Waals surface area contributed by atoms with E-state index in [4.69, 9.17) is 15.2 Å². The van der Waals surface area contributed by atoms with Gasteiger partial charge in [-0.15, -0.1) is 0 Å². The van der Waals surface area contributed by atoms with Crippen LogP contribution in [0.1, 0.15) is 30.6 Å². The van der Waals surface area contributed by atoms with Gasteiger partial charge in [0, 0.05) is 0 Å². The molecular weight excluding hydrogens is 424 g/mol. The lowest BCUT2D eigenvalue weighted by Gasteiger charge is -2.24. The Hall–Kier alpha value is -3.94. The van der Waals surface area contributed by atoms with E-state index in [0.29, 0.717) is 16.3 Å². The van der Waals surface area contributed by atoms with E-state index in [-0.39, 0.29) is 13.2 Å². The molecule has 3 aromatic carbocycles. The molecule has 3 N–H and O–H groups in total. The van der Waals surface area contributed by atoms with E-state index in [0.717, 1.165) is 10.8 Å². The van der Waals surface area contributed by atoms with Crippen LogP contribution in [-0.4, -0.2) is 43.0 Å². The van der Waals surface area contributed by atoms with Crippen molar-refractivity contribution in [3.63, 3.8) is 0 Å². The van der Waals surface area contributed by atoms with E-state index in [2.05, 4.69) is 5.32 Å². The van der Waals surface area contributed by atoms with Crippen molar-refractivity contribution in [1.29, 1.82) is 0 Å². The second-order valence-corrected chi connectivity index (χ2v) is 7.42. The Morgan fingerprint density at radius 1 is 0.879 bits per heavy atom. The van der Waals surface area contributed by atoms with Crippen molar-refractivity contribution in [2.75, 3.05) is 13.2 Å². The number of hydrogen-bond acceptors (Lipinski definition) is 6. The van der Waals surface area contributed by atoms with E-state index in [9.17, 15) is 19.2 Å². The zero-order valence-electron chi connectivity index (χ0n) is 18.5. The summed E-state index contributed by atoms with van der Waals surface area (Å²) in [6.45, 7) is 3.35. The third-order valence-corrected chi connectivity index (χ3v) is 5.28. The number of esters is 2. The summed E-state index contributed by atoms with van der Waals surface area (Å²) >= 11 is 0. The summed E-state index contributed by atoms with van der Waals surface area (Å²) in [7, 11) is 0. The van der Waals surface area contributed by atoms with E-state index >= 15 is 0 Å². The van der Waals surface area contributed by atoms with Gasteiger partial charge in [0.05, 0.1) is 31.1 Å². The number of hydrogen-bond donors (Lipinski definition) is 2. The van der Waals surface area contributed by atoms with Crippen LogP contribution in [0.4, 0.5) is 0 Å². The van der Waals surface area contributed by atoms with Gasteiger partial charge >= 0.3 is 11.9 Å². The quantitative estimate of drug-likeness (QED) is 0.381. The average molecular weight is 450 g/mol. The number of primary amides is 1. The fraction of sp³-hybridized carbons (Fsp3) is 0.280. The smallest absolute Gasteiger partial charge is 0.312 e. The molecule has 0 saturated heterocycles. The van der Waals surface area contributed by atoms with E-state index < -0.39 is 42.1 Å². The molecule has 8 heteroatoms. The van der Waals surface area contributed by atoms with E-state index in [1.165, 1.54) is 0 Å². The number of carbonyl (C=O) groups is 4. The largest absolute Gasteiger partial charge is 0.466 e. The zero-order valence-corrected chi connectivity index (χ0v) is 18.5. The Kier molecular flexibility index (Phi) is 7.61. The maximum atomic E-state index is 13.5. The van der Waals surface area contributed by atoms with Crippen LogP contribution in [0.3, 0.4) is 0 Å². The first kappa shape index (κ1) is 23.7. The summed E-state index contributed by atoms with van der Waals surface area (Å²) in [4.78, 5) is 50.5. The van der Waals surface area contributed by atoms with Gasteiger partial charge in [0.2, 0.25) is 5.91 Å². The molecule has 2 amide bonds. The monoisotopic (exact) mass is 450 g/mol. The van der Waals surface area contributed by atoms with Crippen LogP contribution in [0.5, 0.6) is 0 Å². The summed E-state index contributed by atoms with van der Waals surface area (Å²) in [5, 5.41) is 5.61. The molecule has 3 aromatic rings. The second-order valence-electron chi connectivity index (χ2n) is 7.42. The van der Waals surface area contributed by atoms with Gasteiger partial charge in [0.1, 0.15) is 6.04 Å². The summed E-state index contributed by atoms with van der Waals surface area (Å²) in [5.41, 5.74) is 5.90. The first-order chi connectivity index (χ1) is 15.9. The van der Waals surface area contributed by atoms with Crippen molar-refractivity contribution in [2.24, 2.45) is 11.7 Å². The number of rotatable bonds is 9. The van der Waals surface area contributed by atoms with Gasteiger partial charge in [0.15, 0.2) is 0 Å². The third-order valence-electron chi connectivity index (χ3n) is 5.28. The average Bonchev–Trinajstić information content (AvgIpc) is 2.79. The molecule has 0 unspecified atom stereocenters. The van der Waals surface area contributed by atoms with Gasteiger partial charge in [-0.25, -0.2) is 0 Å². The predicted molar refractivity (Wildman–Crippen MR) is 123 cm³/mol. The number of ether oxygens (including phenoxy) is 2. The Labute approximate surface area is 191 Å². The van der Waals surface area contributed by atoms with Crippen molar-refractivity contribution < 1.29 is 28.7 Å². The lowest BCUT2D eigenvalue weighted by molar-refractivity contribution is -0.156. The van der Waals surface area contributed by atoms with Crippen molar-refractivity contribution in [3.8, 4) is 0 Å². The minimum atomic E-state index is -1.47. The minimum absolute atomic E-state index is 0.0333. The van der Waals surface area contributed by atoms with E-state index in [1.54, 1.807) is 26.0 Å². The summed E-state index contributed by atoms with van der Waals surface area (Å²) in [6, 6.07) is 15.2. The van der Waals surface area contributed by atoms with E-state index in [1.807, 2.05) is 42.5 Å². The zero-order chi connectivity index (χ0) is 24.0. The number of amides is 2. The van der Waals surface area contributed by atoms with Crippen LogP contribution in [0.2, 0.25) is 0 Å². The normalized spacial score (nSPS) is 12.7. The summed E-state index contributed by atoms with van der Waals surface area (Å²) in [5.74, 6) is -4.41. The number of nitrogens with two attached hydrogens (primary N) is 1. The highest BCUT2D eigenvalue weighted by molar-refractivity contribution is 6.18. The maximum absolute atomic E-state index is 13.5. The van der Waals surface area contributed by atoms with Crippen molar-refractivity contribution in [2.45, 2.75) is 26.3 Å². The Morgan fingerprint density at radius 3 is 1.94 bits per heavy atom. The van der Waals surface area contributed by atoms with Gasteiger partial charge in [0.25, 0.3) is 5.91 Å². The molecule has 8 nitrogen and oxygen atoms in total. The standard InChI is InChI=1S/C25H26N2O6/c1-3-32-20(28)14-19(25(31)33-4-2)22(23(26)29)27-24(30)21-17-11-7-5-9-15(17)13-16-10-6-8-12-18(16)21/h5-13,19,22H,3-4,14H2,1-2H3,(H2,26,29)(H,27,30)/t19-,22-/m0/s1. The first-order valence-electron chi connectivity index (χ1n) is 10.7. The Morgan fingerprint density at radius 2 is 1.42 bits per heavy atom. The molecule has 0 radical (unpaired) electrons. The molecule has 3 rings (SSSR count). The molecule has 33 heavy (non-hydrogen) atoms. The Balaban J connectivity index is 2.04. The Bertz CT molecular complexity index is 1150. The first-order valence-corrected chi connectivity index (χ1v) is 10.7. The lowest BCUT2D eigenvalue weighted by Crippen LogP contribution is -2.52. The molecule has 0 aliphatic heterocycles. The molecule has 2 atom stereocenters. The van der Waals surface area contributed by atoms with Crippen LogP contribution in [-0.2, 0) is 23.9 Å². The fourth-order valence-electron chi connectivity index (χ4n) is 3.83. The SMILES string of the molecule is CCOC(=O)C[C@H](C(=O)OCC)[C@H](NC(=O)c1c2ccccc2cc2ccccc12)C(N)=O. The number of carbonyl (C=O) groups excluding carboxylic acids is 4. The number of fused-ring (bicyclic) bond motifs is 2. The third kappa shape index (κ3) is 5.28. The fourth-order valence-corrected chi connectivity index (χ4v) is 3.83. The molecule has 0 heterocycles. The molecule has 0 bridgehead atoms. The lowest BCUT2D eigenvalue weighted by atomic mass is 9.93. The molecule has 0 aromatic heterocycles. The highest BCUT2D eigenvalue weighted by Crippen LogP contribution is 2.29. The van der Waals surface area contributed by atoms with Crippen molar-refractivity contribution in [3.05, 3.63) is 60.2 Å². The van der Waals surface area contributed by atoms with Crippen molar-refractivity contribution in [1.82, 2.24) is 5.32 Å². The highest BCUT2D eigenvalue weighted by Gasteiger charge is 2.37. The second kappa shape index (κ2) is 10.6. The molecule has 172 valence electrons. The summed E-state index contributed by atoms with van der Waals surface area (Å²) in [6.07, 6.45) is -0.461. The van der Waals surface area contributed by atoms with Crippen LogP contribution in [0, 0.1) is 5.92 Å². The van der Waals surface area contributed by atoms with Gasteiger partial charge < -0.3 is 20.5 Å². The van der Waals surface area contributed by atoms with Gasteiger partial charge in [-0.1, -0.05) is 48.5 Å². The van der Waals surface area contributed by atoms with Crippen LogP contribution < -0.4 is 11.1 Å². The van der Waals surface area contributed by atoms with Crippen LogP contribution >= 0.6 is 0 Å². The molecule has 0 spiro atoms. The van der Waals surface area contributed by atoms with Gasteiger partial charge in [-0.05, 0) is 41.5 Å². The number of benzene rings is 3. The molecule has 0 fully saturated rings. The number of nitrogens with one attached hydrogen (secondary N) is 1. The molecule has 0 aliphatic carbocycles. The van der Waals surface area contributed by atoms with Gasteiger partial charge in [-0.3, -0.25) is 19.2 Å². The van der Waals surface area contributed by atoms with Crippen LogP contribution in [0.25, 0.3) is 21.5 Å². The summed E-state index contributed by atoms with van der Waals surface area (Å²) < 4.78 is 9.96. The highest BCUT2D eigenvalue weighted by atomic mass is 16.5. The van der Waals surface area contributed by atoms with Gasteiger partial charge in [-0.2, -0.15) is 0 Å². The topological polar surface area (TPSA) is 125 Å².